The molecule has 0 spiro atoms. The number of piperidine rings is 1. The molecule has 1 N–H and O–H groups in total. The molecule has 2 aliphatic rings. The van der Waals surface area contributed by atoms with Gasteiger partial charge in [0.25, 0.3) is 0 Å². The quantitative estimate of drug-likeness (QED) is 0.866. The Kier molecular flexibility index (Phi) is 5.14. The molecule has 2 heterocycles. The van der Waals surface area contributed by atoms with Crippen LogP contribution in [0.2, 0.25) is 0 Å². The van der Waals surface area contributed by atoms with Crippen LogP contribution >= 0.6 is 0 Å². The summed E-state index contributed by atoms with van der Waals surface area (Å²) in [6, 6.07) is 0.402. The van der Waals surface area contributed by atoms with Crippen LogP contribution in [-0.2, 0) is 10.0 Å². The van der Waals surface area contributed by atoms with Crippen LogP contribution < -0.4 is 5.32 Å². The smallest absolute Gasteiger partial charge is 0.214 e. The largest absolute Gasteiger partial charge is 0.314 e. The number of hydrogen-bond acceptors (Lipinski definition) is 3. The second-order valence-electron chi connectivity index (χ2n) is 7.46. The average molecular weight is 302 g/mol. The van der Waals surface area contributed by atoms with E-state index in [0.717, 1.165) is 25.8 Å². The van der Waals surface area contributed by atoms with E-state index in [-0.39, 0.29) is 5.41 Å². The molecule has 2 atom stereocenters. The summed E-state index contributed by atoms with van der Waals surface area (Å²) in [7, 11) is -3.06. The number of hydrogen-bond donors (Lipinski definition) is 1. The fourth-order valence-corrected chi connectivity index (χ4v) is 4.91. The fraction of sp³-hybridized carbons (Fsp3) is 1.00. The highest BCUT2D eigenvalue weighted by Gasteiger charge is 2.36. The van der Waals surface area contributed by atoms with Crippen molar-refractivity contribution in [2.24, 2.45) is 11.3 Å². The summed E-state index contributed by atoms with van der Waals surface area (Å²) in [6.07, 6.45) is 5.35. The minimum absolute atomic E-state index is 0.204. The van der Waals surface area contributed by atoms with Crippen LogP contribution in [0, 0.1) is 11.3 Å². The lowest BCUT2D eigenvalue weighted by atomic mass is 9.80. The Morgan fingerprint density at radius 1 is 1.20 bits per heavy atom. The van der Waals surface area contributed by atoms with Crippen LogP contribution in [0.5, 0.6) is 0 Å². The molecule has 2 saturated heterocycles. The number of nitrogens with zero attached hydrogens (tertiary/aromatic N) is 1. The maximum atomic E-state index is 12.4. The molecule has 118 valence electrons. The van der Waals surface area contributed by atoms with Crippen molar-refractivity contribution in [1.82, 2.24) is 9.62 Å². The second kappa shape index (κ2) is 6.32. The number of rotatable bonds is 4. The highest BCUT2D eigenvalue weighted by Crippen LogP contribution is 2.34. The van der Waals surface area contributed by atoms with E-state index in [1.165, 1.54) is 12.8 Å². The SMILES string of the molecule is CC(C)(C)C1CCN(S(=O)(=O)CCC2CCCCN2)C1. The van der Waals surface area contributed by atoms with Crippen molar-refractivity contribution < 1.29 is 8.42 Å². The van der Waals surface area contributed by atoms with Crippen LogP contribution in [-0.4, -0.2) is 44.2 Å². The lowest BCUT2D eigenvalue weighted by Crippen LogP contribution is -2.38. The zero-order valence-electron chi connectivity index (χ0n) is 13.2. The molecular weight excluding hydrogens is 272 g/mol. The summed E-state index contributed by atoms with van der Waals surface area (Å²) in [6.45, 7) is 9.09. The molecule has 2 aliphatic heterocycles. The zero-order valence-corrected chi connectivity index (χ0v) is 14.0. The summed E-state index contributed by atoms with van der Waals surface area (Å²) in [5.74, 6) is 0.798. The van der Waals surface area contributed by atoms with Gasteiger partial charge in [-0.1, -0.05) is 27.2 Å². The first kappa shape index (κ1) is 16.2. The summed E-state index contributed by atoms with van der Waals surface area (Å²) in [5.41, 5.74) is 0.204. The van der Waals surface area contributed by atoms with Gasteiger partial charge in [0.15, 0.2) is 0 Å². The van der Waals surface area contributed by atoms with Crippen molar-refractivity contribution in [2.45, 2.75) is 58.9 Å². The van der Waals surface area contributed by atoms with E-state index in [4.69, 9.17) is 0 Å². The molecule has 2 unspecified atom stereocenters. The summed E-state index contributed by atoms with van der Waals surface area (Å²) in [4.78, 5) is 0. The third-order valence-electron chi connectivity index (χ3n) is 4.91. The van der Waals surface area contributed by atoms with E-state index < -0.39 is 10.0 Å². The molecule has 2 rings (SSSR count). The van der Waals surface area contributed by atoms with Crippen molar-refractivity contribution in [2.75, 3.05) is 25.4 Å². The molecule has 2 fully saturated rings. The van der Waals surface area contributed by atoms with Crippen molar-refractivity contribution >= 4 is 10.0 Å². The maximum Gasteiger partial charge on any atom is 0.214 e. The molecule has 20 heavy (non-hydrogen) atoms. The van der Waals surface area contributed by atoms with Gasteiger partial charge in [0, 0.05) is 19.1 Å². The van der Waals surface area contributed by atoms with Crippen LogP contribution in [0.4, 0.5) is 0 Å². The highest BCUT2D eigenvalue weighted by molar-refractivity contribution is 7.89. The molecule has 0 bridgehead atoms. The van der Waals surface area contributed by atoms with Gasteiger partial charge in [0.05, 0.1) is 5.75 Å². The van der Waals surface area contributed by atoms with Gasteiger partial charge < -0.3 is 5.32 Å². The van der Waals surface area contributed by atoms with Gasteiger partial charge in [-0.05, 0) is 43.6 Å². The summed E-state index contributed by atoms with van der Waals surface area (Å²) < 4.78 is 26.6. The average Bonchev–Trinajstić information content (AvgIpc) is 2.88. The Labute approximate surface area is 124 Å². The standard InChI is InChI=1S/C15H30N2O2S/c1-15(2,3)13-7-10-17(12-13)20(18,19)11-8-14-6-4-5-9-16-14/h13-14,16H,4-12H2,1-3H3. The van der Waals surface area contributed by atoms with Gasteiger partial charge in [-0.3, -0.25) is 0 Å². The Morgan fingerprint density at radius 2 is 1.95 bits per heavy atom. The van der Waals surface area contributed by atoms with Crippen LogP contribution in [0.25, 0.3) is 0 Å². The van der Waals surface area contributed by atoms with Gasteiger partial charge in [-0.2, -0.15) is 0 Å². The Morgan fingerprint density at radius 3 is 2.50 bits per heavy atom. The summed E-state index contributed by atoms with van der Waals surface area (Å²) >= 11 is 0. The van der Waals surface area contributed by atoms with E-state index in [9.17, 15) is 8.42 Å². The molecule has 5 heteroatoms. The first-order chi connectivity index (χ1) is 9.29. The predicted molar refractivity (Wildman–Crippen MR) is 83.2 cm³/mol. The first-order valence-electron chi connectivity index (χ1n) is 8.00. The lowest BCUT2D eigenvalue weighted by Gasteiger charge is -2.27. The van der Waals surface area contributed by atoms with Crippen molar-refractivity contribution in [1.29, 1.82) is 0 Å². The third-order valence-corrected chi connectivity index (χ3v) is 6.78. The van der Waals surface area contributed by atoms with Gasteiger partial charge >= 0.3 is 0 Å². The van der Waals surface area contributed by atoms with Gasteiger partial charge in [0.1, 0.15) is 0 Å². The number of nitrogens with one attached hydrogen (secondary N) is 1. The van der Waals surface area contributed by atoms with E-state index in [1.54, 1.807) is 4.31 Å². The van der Waals surface area contributed by atoms with Gasteiger partial charge in [-0.25, -0.2) is 12.7 Å². The zero-order chi connectivity index (χ0) is 14.8. The Bertz CT molecular complexity index is 408. The minimum atomic E-state index is -3.06. The first-order valence-corrected chi connectivity index (χ1v) is 9.61. The van der Waals surface area contributed by atoms with Crippen LogP contribution in [0.1, 0.15) is 52.9 Å². The molecule has 0 aromatic carbocycles. The van der Waals surface area contributed by atoms with Crippen LogP contribution in [0.15, 0.2) is 0 Å². The highest BCUT2D eigenvalue weighted by atomic mass is 32.2. The molecule has 4 nitrogen and oxygen atoms in total. The fourth-order valence-electron chi connectivity index (χ4n) is 3.28. The molecular formula is C15H30N2O2S. The lowest BCUT2D eigenvalue weighted by molar-refractivity contribution is 0.251. The van der Waals surface area contributed by atoms with Crippen molar-refractivity contribution in [3.05, 3.63) is 0 Å². The second-order valence-corrected chi connectivity index (χ2v) is 9.55. The normalized spacial score (nSPS) is 29.8. The van der Waals surface area contributed by atoms with E-state index in [0.29, 0.717) is 30.8 Å². The monoisotopic (exact) mass is 302 g/mol. The molecule has 0 aromatic heterocycles. The van der Waals surface area contributed by atoms with Gasteiger partial charge in [-0.15, -0.1) is 0 Å². The van der Waals surface area contributed by atoms with Crippen molar-refractivity contribution in [3.63, 3.8) is 0 Å². The van der Waals surface area contributed by atoms with Gasteiger partial charge in [0.2, 0.25) is 10.0 Å². The predicted octanol–water partition coefficient (Wildman–Crippen LogP) is 2.22. The Balaban J connectivity index is 1.84. The minimum Gasteiger partial charge on any atom is -0.314 e. The molecule has 0 radical (unpaired) electrons. The Hall–Kier alpha value is -0.130. The van der Waals surface area contributed by atoms with E-state index in [1.807, 2.05) is 0 Å². The molecule has 0 aromatic rings. The van der Waals surface area contributed by atoms with Crippen molar-refractivity contribution in [3.8, 4) is 0 Å². The maximum absolute atomic E-state index is 12.4. The topological polar surface area (TPSA) is 49.4 Å². The number of sulfonamides is 1. The van der Waals surface area contributed by atoms with Crippen LogP contribution in [0.3, 0.4) is 0 Å². The van der Waals surface area contributed by atoms with E-state index in [2.05, 4.69) is 26.1 Å². The molecule has 0 aliphatic carbocycles. The summed E-state index contributed by atoms with van der Waals surface area (Å²) in [5, 5.41) is 3.43. The third kappa shape index (κ3) is 4.18. The molecule has 0 saturated carbocycles. The van der Waals surface area contributed by atoms with E-state index >= 15 is 0 Å². The molecule has 0 amide bonds.